The second-order valence-electron chi connectivity index (χ2n) is 10.0. The molecular weight excluding hydrogens is 424 g/mol. The quantitative estimate of drug-likeness (QED) is 0.608. The van der Waals surface area contributed by atoms with E-state index in [1.807, 2.05) is 36.4 Å². The van der Waals surface area contributed by atoms with Crippen LogP contribution in [0.3, 0.4) is 0 Å². The molecule has 0 unspecified atom stereocenters. The predicted octanol–water partition coefficient (Wildman–Crippen LogP) is 4.36. The second-order valence-corrected chi connectivity index (χ2v) is 10.0. The van der Waals surface area contributed by atoms with Gasteiger partial charge in [0.15, 0.2) is 0 Å². The maximum atomic E-state index is 6.37. The topological polar surface area (TPSA) is 67.2 Å². The maximum Gasteiger partial charge on any atom is 0.146 e. The van der Waals surface area contributed by atoms with E-state index in [0.29, 0.717) is 12.5 Å². The van der Waals surface area contributed by atoms with Crippen LogP contribution >= 0.6 is 0 Å². The standard InChI is InChI=1S/C27H34N6O/c1-18-13-20(19-6-11-33(12-7-19)22-3-8-28-9-4-22)14-25-26(18)34-17-24-23(5-10-29-27(24)31-25)21-15-30-32(2)16-21/h5,10,13-16,19,22,28H,3-4,6-9,11-12,17H2,1-2H3,(H,29,31). The van der Waals surface area contributed by atoms with Crippen LogP contribution in [-0.2, 0) is 13.7 Å². The average molecular weight is 459 g/mol. The number of likely N-dealkylation sites (tertiary alicyclic amines) is 1. The summed E-state index contributed by atoms with van der Waals surface area (Å²) in [6.45, 7) is 7.39. The van der Waals surface area contributed by atoms with Gasteiger partial charge in [0.05, 0.1) is 11.9 Å². The van der Waals surface area contributed by atoms with Crippen LogP contribution in [0.1, 0.15) is 48.3 Å². The van der Waals surface area contributed by atoms with Gasteiger partial charge in [0.25, 0.3) is 0 Å². The van der Waals surface area contributed by atoms with Gasteiger partial charge in [-0.3, -0.25) is 4.68 Å². The van der Waals surface area contributed by atoms with E-state index in [2.05, 4.69) is 44.7 Å². The Hall–Kier alpha value is -2.90. The predicted molar refractivity (Wildman–Crippen MR) is 135 cm³/mol. The zero-order valence-corrected chi connectivity index (χ0v) is 20.2. The number of hydrogen-bond acceptors (Lipinski definition) is 6. The highest BCUT2D eigenvalue weighted by Crippen LogP contribution is 2.42. The molecule has 0 spiro atoms. The first-order valence-corrected chi connectivity index (χ1v) is 12.6. The summed E-state index contributed by atoms with van der Waals surface area (Å²) in [5.41, 5.74) is 6.91. The lowest BCUT2D eigenvalue weighted by molar-refractivity contribution is 0.127. The van der Waals surface area contributed by atoms with Crippen molar-refractivity contribution in [2.45, 2.75) is 51.2 Å². The minimum atomic E-state index is 0.488. The Bertz CT molecular complexity index is 1170. The van der Waals surface area contributed by atoms with Gasteiger partial charge in [0, 0.05) is 36.6 Å². The molecule has 0 aliphatic carbocycles. The van der Waals surface area contributed by atoms with Gasteiger partial charge in [-0.2, -0.15) is 5.10 Å². The summed E-state index contributed by atoms with van der Waals surface area (Å²) in [4.78, 5) is 7.41. The van der Waals surface area contributed by atoms with Gasteiger partial charge < -0.3 is 20.3 Å². The van der Waals surface area contributed by atoms with Crippen molar-refractivity contribution in [3.63, 3.8) is 0 Å². The third kappa shape index (κ3) is 4.07. The summed E-state index contributed by atoms with van der Waals surface area (Å²) < 4.78 is 8.20. The largest absolute Gasteiger partial charge is 0.486 e. The SMILES string of the molecule is Cc1cc(C2CCN(C3CCNCC3)CC2)cc2c1OCc1c(-c3cnn(C)c3)ccnc1N2. The summed E-state index contributed by atoms with van der Waals surface area (Å²) in [5, 5.41) is 11.5. The lowest BCUT2D eigenvalue weighted by Crippen LogP contribution is -2.46. The molecule has 3 aliphatic heterocycles. The maximum absolute atomic E-state index is 6.37. The average Bonchev–Trinajstić information content (AvgIpc) is 3.20. The van der Waals surface area contributed by atoms with E-state index in [1.54, 1.807) is 0 Å². The van der Waals surface area contributed by atoms with Gasteiger partial charge in [-0.25, -0.2) is 4.98 Å². The molecule has 0 radical (unpaired) electrons. The normalized spacial score (nSPS) is 19.6. The Morgan fingerprint density at radius 2 is 1.91 bits per heavy atom. The molecule has 5 heterocycles. The number of aromatic nitrogens is 3. The van der Waals surface area contributed by atoms with Crippen LogP contribution in [0.4, 0.5) is 11.5 Å². The Balaban J connectivity index is 1.24. The summed E-state index contributed by atoms with van der Waals surface area (Å²) in [5.74, 6) is 2.41. The number of nitrogens with zero attached hydrogens (tertiary/aromatic N) is 4. The van der Waals surface area contributed by atoms with Crippen LogP contribution in [0.2, 0.25) is 0 Å². The molecule has 2 saturated heterocycles. The van der Waals surface area contributed by atoms with Gasteiger partial charge in [0.1, 0.15) is 18.2 Å². The van der Waals surface area contributed by atoms with Crippen molar-refractivity contribution in [2.75, 3.05) is 31.5 Å². The molecule has 34 heavy (non-hydrogen) atoms. The van der Waals surface area contributed by atoms with Crippen molar-refractivity contribution >= 4 is 11.5 Å². The molecule has 178 valence electrons. The van der Waals surface area contributed by atoms with E-state index in [9.17, 15) is 0 Å². The molecule has 6 rings (SSSR count). The third-order valence-corrected chi connectivity index (χ3v) is 7.81. The second kappa shape index (κ2) is 9.04. The van der Waals surface area contributed by atoms with Gasteiger partial charge >= 0.3 is 0 Å². The van der Waals surface area contributed by atoms with Crippen molar-refractivity contribution in [3.05, 3.63) is 53.5 Å². The van der Waals surface area contributed by atoms with E-state index in [4.69, 9.17) is 4.74 Å². The number of nitrogens with one attached hydrogen (secondary N) is 2. The summed E-state index contributed by atoms with van der Waals surface area (Å²) in [6.07, 6.45) is 10.8. The highest BCUT2D eigenvalue weighted by atomic mass is 16.5. The van der Waals surface area contributed by atoms with Crippen molar-refractivity contribution < 1.29 is 4.74 Å². The van der Waals surface area contributed by atoms with Crippen LogP contribution < -0.4 is 15.4 Å². The third-order valence-electron chi connectivity index (χ3n) is 7.81. The Labute approximate surface area is 201 Å². The molecule has 2 aromatic heterocycles. The number of piperidine rings is 2. The zero-order valence-electron chi connectivity index (χ0n) is 20.2. The number of rotatable bonds is 3. The Morgan fingerprint density at radius 3 is 2.68 bits per heavy atom. The zero-order chi connectivity index (χ0) is 23.1. The minimum Gasteiger partial charge on any atom is -0.486 e. The molecule has 0 atom stereocenters. The summed E-state index contributed by atoms with van der Waals surface area (Å²) >= 11 is 0. The van der Waals surface area contributed by atoms with Gasteiger partial charge in [-0.05, 0) is 93.5 Å². The fourth-order valence-corrected chi connectivity index (χ4v) is 5.94. The first-order valence-electron chi connectivity index (χ1n) is 12.6. The number of hydrogen-bond donors (Lipinski definition) is 2. The molecule has 7 nitrogen and oxygen atoms in total. The molecular formula is C27H34N6O. The molecule has 3 aliphatic rings. The number of ether oxygens (including phenoxy) is 1. The highest BCUT2D eigenvalue weighted by Gasteiger charge is 2.28. The van der Waals surface area contributed by atoms with E-state index >= 15 is 0 Å². The van der Waals surface area contributed by atoms with E-state index in [0.717, 1.165) is 53.1 Å². The smallest absolute Gasteiger partial charge is 0.146 e. The highest BCUT2D eigenvalue weighted by molar-refractivity contribution is 5.77. The molecule has 0 bridgehead atoms. The molecule has 3 aromatic rings. The first-order chi connectivity index (χ1) is 16.7. The molecule has 2 N–H and O–H groups in total. The number of anilines is 2. The van der Waals surface area contributed by atoms with Crippen molar-refractivity contribution in [1.29, 1.82) is 0 Å². The number of benzene rings is 1. The Kier molecular flexibility index (Phi) is 5.75. The summed E-state index contributed by atoms with van der Waals surface area (Å²) in [6, 6.07) is 7.46. The van der Waals surface area contributed by atoms with Crippen LogP contribution in [-0.4, -0.2) is 51.9 Å². The lowest BCUT2D eigenvalue weighted by Gasteiger charge is -2.39. The number of fused-ring (bicyclic) bond motifs is 2. The first kappa shape index (κ1) is 21.6. The molecule has 2 fully saturated rings. The lowest BCUT2D eigenvalue weighted by atomic mass is 9.87. The fraction of sp³-hybridized carbons (Fsp3) is 0.481. The molecule has 0 saturated carbocycles. The minimum absolute atomic E-state index is 0.488. The number of pyridine rings is 1. The van der Waals surface area contributed by atoms with Gasteiger partial charge in [0.2, 0.25) is 0 Å². The van der Waals surface area contributed by atoms with Crippen molar-refractivity contribution in [1.82, 2.24) is 25.0 Å². The van der Waals surface area contributed by atoms with Crippen LogP contribution in [0, 0.1) is 6.92 Å². The van der Waals surface area contributed by atoms with Gasteiger partial charge in [-0.15, -0.1) is 0 Å². The van der Waals surface area contributed by atoms with Crippen molar-refractivity contribution in [2.24, 2.45) is 7.05 Å². The summed E-state index contributed by atoms with van der Waals surface area (Å²) in [7, 11) is 1.94. The fourth-order valence-electron chi connectivity index (χ4n) is 5.94. The van der Waals surface area contributed by atoms with Crippen LogP contribution in [0.15, 0.2) is 36.8 Å². The molecule has 7 heteroatoms. The van der Waals surface area contributed by atoms with E-state index in [1.165, 1.54) is 49.9 Å². The Morgan fingerprint density at radius 1 is 1.09 bits per heavy atom. The van der Waals surface area contributed by atoms with Crippen molar-refractivity contribution in [3.8, 4) is 16.9 Å². The molecule has 0 amide bonds. The van der Waals surface area contributed by atoms with Gasteiger partial charge in [-0.1, -0.05) is 6.07 Å². The van der Waals surface area contributed by atoms with Crippen LogP contribution in [0.5, 0.6) is 5.75 Å². The van der Waals surface area contributed by atoms with Crippen LogP contribution in [0.25, 0.3) is 11.1 Å². The van der Waals surface area contributed by atoms with E-state index < -0.39 is 0 Å². The monoisotopic (exact) mass is 458 g/mol. The number of aryl methyl sites for hydroxylation is 2. The van der Waals surface area contributed by atoms with E-state index in [-0.39, 0.29) is 0 Å². The molecule has 1 aromatic carbocycles.